The monoisotopic (exact) mass is 450 g/mol. The van der Waals surface area contributed by atoms with Crippen LogP contribution in [0, 0.1) is 13.8 Å². The third-order valence-electron chi connectivity index (χ3n) is 6.66. The van der Waals surface area contributed by atoms with Crippen molar-refractivity contribution in [1.82, 2.24) is 30.7 Å². The second-order valence-corrected chi connectivity index (χ2v) is 9.09. The lowest BCUT2D eigenvalue weighted by Gasteiger charge is -2.30. The Morgan fingerprint density at radius 1 is 1.12 bits per heavy atom. The minimum absolute atomic E-state index is 0.0315. The highest BCUT2D eigenvalue weighted by molar-refractivity contribution is 6.31. The van der Waals surface area contributed by atoms with E-state index in [0.717, 1.165) is 47.6 Å². The molecule has 2 saturated heterocycles. The van der Waals surface area contributed by atoms with Crippen LogP contribution in [0.25, 0.3) is 5.69 Å². The van der Waals surface area contributed by atoms with E-state index in [1.807, 2.05) is 42.2 Å². The van der Waals surface area contributed by atoms with Gasteiger partial charge in [-0.25, -0.2) is 5.43 Å². The minimum atomic E-state index is 0.0315. The van der Waals surface area contributed by atoms with E-state index in [-0.39, 0.29) is 24.0 Å². The molecule has 8 heteroatoms. The van der Waals surface area contributed by atoms with Gasteiger partial charge in [0.15, 0.2) is 0 Å². The number of hydrogen-bond donors (Lipinski definition) is 2. The van der Waals surface area contributed by atoms with Crippen LogP contribution in [-0.4, -0.2) is 44.4 Å². The van der Waals surface area contributed by atoms with Gasteiger partial charge in [0.2, 0.25) is 0 Å². The first-order valence-corrected chi connectivity index (χ1v) is 11.4. The fourth-order valence-corrected chi connectivity index (χ4v) is 5.17. The molecular weight excluding hydrogens is 424 g/mol. The molecule has 32 heavy (non-hydrogen) atoms. The molecule has 7 nitrogen and oxygen atoms in total. The molecule has 2 aliphatic rings. The Labute approximate surface area is 192 Å². The van der Waals surface area contributed by atoms with Crippen LogP contribution in [0.5, 0.6) is 0 Å². The number of nitrogens with one attached hydrogen (secondary N) is 2. The number of benzene rings is 2. The molecule has 0 radical (unpaired) electrons. The van der Waals surface area contributed by atoms with Crippen molar-refractivity contribution in [1.29, 1.82) is 0 Å². The Morgan fingerprint density at radius 3 is 2.75 bits per heavy atom. The molecule has 2 aliphatic heterocycles. The van der Waals surface area contributed by atoms with E-state index >= 15 is 0 Å². The van der Waals surface area contributed by atoms with E-state index in [1.54, 1.807) is 12.4 Å². The van der Waals surface area contributed by atoms with Gasteiger partial charge in [0.05, 0.1) is 23.6 Å². The van der Waals surface area contributed by atoms with Crippen molar-refractivity contribution in [2.75, 3.05) is 6.54 Å². The molecule has 3 heterocycles. The van der Waals surface area contributed by atoms with Crippen molar-refractivity contribution in [3.63, 3.8) is 0 Å². The number of hydrazine groups is 1. The number of carbonyl (C=O) groups excluding carboxylic acids is 1. The van der Waals surface area contributed by atoms with Crippen molar-refractivity contribution >= 4 is 17.5 Å². The SMILES string of the molecule is Cc1ccc(C(=O)N2CCC[C@H]2C2CC(c3cccc(Cl)c3C)NN2)c(-n2nccn2)c1. The molecule has 3 atom stereocenters. The van der Waals surface area contributed by atoms with Crippen LogP contribution in [0.2, 0.25) is 5.02 Å². The van der Waals surface area contributed by atoms with Crippen LogP contribution in [-0.2, 0) is 0 Å². The molecule has 2 N–H and O–H groups in total. The molecule has 166 valence electrons. The number of aromatic nitrogens is 3. The normalized spacial score (nSPS) is 23.1. The number of likely N-dealkylation sites (tertiary alicyclic amines) is 1. The summed E-state index contributed by atoms with van der Waals surface area (Å²) < 4.78 is 0. The van der Waals surface area contributed by atoms with Gasteiger partial charge in [0, 0.05) is 29.7 Å². The van der Waals surface area contributed by atoms with Gasteiger partial charge in [0.25, 0.3) is 5.91 Å². The number of halogens is 1. The van der Waals surface area contributed by atoms with Crippen molar-refractivity contribution in [2.45, 2.75) is 51.2 Å². The van der Waals surface area contributed by atoms with Crippen LogP contribution in [0.4, 0.5) is 0 Å². The zero-order valence-corrected chi connectivity index (χ0v) is 19.0. The fourth-order valence-electron chi connectivity index (χ4n) is 4.98. The van der Waals surface area contributed by atoms with Crippen LogP contribution < -0.4 is 10.9 Å². The average molecular weight is 451 g/mol. The van der Waals surface area contributed by atoms with Crippen molar-refractivity contribution < 1.29 is 4.79 Å². The largest absolute Gasteiger partial charge is 0.334 e. The van der Waals surface area contributed by atoms with Gasteiger partial charge in [0.1, 0.15) is 0 Å². The van der Waals surface area contributed by atoms with Gasteiger partial charge in [-0.05, 0) is 68.0 Å². The van der Waals surface area contributed by atoms with E-state index in [9.17, 15) is 4.79 Å². The Morgan fingerprint density at radius 2 is 1.94 bits per heavy atom. The summed E-state index contributed by atoms with van der Waals surface area (Å²) in [6.45, 7) is 4.81. The van der Waals surface area contributed by atoms with E-state index < -0.39 is 0 Å². The second-order valence-electron chi connectivity index (χ2n) is 8.68. The predicted molar refractivity (Wildman–Crippen MR) is 124 cm³/mol. The minimum Gasteiger partial charge on any atom is -0.334 e. The topological polar surface area (TPSA) is 75.1 Å². The Bertz CT molecular complexity index is 1130. The molecule has 0 spiro atoms. The van der Waals surface area contributed by atoms with Crippen LogP contribution in [0.3, 0.4) is 0 Å². The van der Waals surface area contributed by atoms with Crippen LogP contribution in [0.15, 0.2) is 48.8 Å². The highest BCUT2D eigenvalue weighted by Crippen LogP contribution is 2.33. The van der Waals surface area contributed by atoms with Gasteiger partial charge < -0.3 is 4.90 Å². The molecule has 3 aromatic rings. The molecular formula is C24H27ClN6O. The molecule has 1 aromatic heterocycles. The highest BCUT2D eigenvalue weighted by Gasteiger charge is 2.40. The first-order valence-electron chi connectivity index (χ1n) is 11.1. The summed E-state index contributed by atoms with van der Waals surface area (Å²) in [6, 6.07) is 12.3. The zero-order chi connectivity index (χ0) is 22.2. The number of nitrogens with zero attached hydrogens (tertiary/aromatic N) is 4. The van der Waals surface area contributed by atoms with Crippen molar-refractivity contribution in [3.8, 4) is 5.69 Å². The maximum absolute atomic E-state index is 13.7. The van der Waals surface area contributed by atoms with Gasteiger partial charge in [-0.1, -0.05) is 29.8 Å². The van der Waals surface area contributed by atoms with E-state index in [4.69, 9.17) is 11.6 Å². The molecule has 1 amide bonds. The summed E-state index contributed by atoms with van der Waals surface area (Å²) >= 11 is 6.34. The summed E-state index contributed by atoms with van der Waals surface area (Å²) in [5.41, 5.74) is 11.6. The van der Waals surface area contributed by atoms with E-state index in [0.29, 0.717) is 5.56 Å². The number of carbonyl (C=O) groups is 1. The quantitative estimate of drug-likeness (QED) is 0.633. The lowest BCUT2D eigenvalue weighted by molar-refractivity contribution is 0.0709. The summed E-state index contributed by atoms with van der Waals surface area (Å²) in [6.07, 6.45) is 6.13. The maximum Gasteiger partial charge on any atom is 0.256 e. The molecule has 0 saturated carbocycles. The number of rotatable bonds is 4. The lowest BCUT2D eigenvalue weighted by atomic mass is 9.94. The smallest absolute Gasteiger partial charge is 0.256 e. The van der Waals surface area contributed by atoms with E-state index in [1.165, 1.54) is 10.4 Å². The fraction of sp³-hybridized carbons (Fsp3) is 0.375. The van der Waals surface area contributed by atoms with Crippen molar-refractivity contribution in [2.24, 2.45) is 0 Å². The summed E-state index contributed by atoms with van der Waals surface area (Å²) in [5.74, 6) is 0.0315. The highest BCUT2D eigenvalue weighted by atomic mass is 35.5. The third kappa shape index (κ3) is 3.81. The van der Waals surface area contributed by atoms with Gasteiger partial charge in [-0.3, -0.25) is 10.2 Å². The van der Waals surface area contributed by atoms with Crippen molar-refractivity contribution in [3.05, 3.63) is 76.1 Å². The Kier molecular flexibility index (Phi) is 5.71. The maximum atomic E-state index is 13.7. The molecule has 0 bridgehead atoms. The molecule has 2 fully saturated rings. The first kappa shape index (κ1) is 21.1. The second kappa shape index (κ2) is 8.65. The Hall–Kier alpha value is -2.74. The Balaban J connectivity index is 1.38. The predicted octanol–water partition coefficient (Wildman–Crippen LogP) is 3.75. The lowest BCUT2D eigenvalue weighted by Crippen LogP contribution is -2.48. The zero-order valence-electron chi connectivity index (χ0n) is 18.3. The summed E-state index contributed by atoms with van der Waals surface area (Å²) in [5, 5.41) is 9.29. The van der Waals surface area contributed by atoms with Gasteiger partial charge in [-0.15, -0.1) is 0 Å². The molecule has 2 aromatic carbocycles. The van der Waals surface area contributed by atoms with Crippen LogP contribution >= 0.6 is 11.6 Å². The summed E-state index contributed by atoms with van der Waals surface area (Å²) in [4.78, 5) is 17.2. The summed E-state index contributed by atoms with van der Waals surface area (Å²) in [7, 11) is 0. The number of aryl methyl sites for hydroxylation is 1. The molecule has 5 rings (SSSR count). The molecule has 0 aliphatic carbocycles. The third-order valence-corrected chi connectivity index (χ3v) is 7.07. The standard InChI is InChI=1S/C24H27ClN6O/c1-15-8-9-18(23(13-15)31-26-10-11-27-31)24(32)30-12-4-7-22(30)21-14-20(28-29-21)17-5-3-6-19(25)16(17)2/h3,5-6,8-11,13,20-22,28-29H,4,7,12,14H2,1-2H3/t20?,21?,22-/m0/s1. The van der Waals surface area contributed by atoms with Crippen LogP contribution in [0.1, 0.15) is 52.4 Å². The molecule has 2 unspecified atom stereocenters. The van der Waals surface area contributed by atoms with E-state index in [2.05, 4.69) is 34.0 Å². The first-order chi connectivity index (χ1) is 15.5. The number of amides is 1. The van der Waals surface area contributed by atoms with Gasteiger partial charge >= 0.3 is 0 Å². The van der Waals surface area contributed by atoms with Gasteiger partial charge in [-0.2, -0.15) is 15.0 Å². The average Bonchev–Trinajstić information content (AvgIpc) is 3.55. The number of hydrogen-bond acceptors (Lipinski definition) is 5.